The number of hydrogen-bond acceptors (Lipinski definition) is 8. The van der Waals surface area contributed by atoms with Crippen molar-refractivity contribution in [1.82, 2.24) is 19.9 Å². The van der Waals surface area contributed by atoms with Crippen molar-refractivity contribution in [1.29, 1.82) is 0 Å². The molecular weight excluding hydrogens is 564 g/mol. The molecule has 2 heterocycles. The molecule has 2 aliphatic rings. The fourth-order valence-electron chi connectivity index (χ4n) is 7.51. The second-order valence-corrected chi connectivity index (χ2v) is 11.8. The predicted octanol–water partition coefficient (Wildman–Crippen LogP) is 6.32. The van der Waals surface area contributed by atoms with E-state index in [2.05, 4.69) is 0 Å². The van der Waals surface area contributed by atoms with Crippen molar-refractivity contribution in [3.05, 3.63) is 120 Å². The zero-order chi connectivity index (χ0) is 30.8. The Morgan fingerprint density at radius 2 is 0.889 bits per heavy atom. The normalized spacial score (nSPS) is 19.1. The Hall–Kier alpha value is -5.50. The molecule has 0 fully saturated rings. The van der Waals surface area contributed by atoms with Crippen LogP contribution in [0.1, 0.15) is 41.8 Å². The molecule has 8 nitrogen and oxygen atoms in total. The number of nitrogens with zero attached hydrogens (tertiary/aromatic N) is 4. The van der Waals surface area contributed by atoms with Gasteiger partial charge in [-0.05, 0) is 41.8 Å². The third kappa shape index (κ3) is 3.91. The summed E-state index contributed by atoms with van der Waals surface area (Å²) >= 11 is 0. The van der Waals surface area contributed by atoms with Crippen molar-refractivity contribution < 1.29 is 19.1 Å². The number of carbonyl (C=O) groups is 2. The van der Waals surface area contributed by atoms with Crippen LogP contribution in [0.15, 0.2) is 97.1 Å². The number of carbonyl (C=O) groups excluding carboxylic acids is 2. The van der Waals surface area contributed by atoms with Gasteiger partial charge in [-0.25, -0.2) is 19.9 Å². The summed E-state index contributed by atoms with van der Waals surface area (Å²) in [5, 5.41) is 0. The molecule has 0 bridgehead atoms. The van der Waals surface area contributed by atoms with Crippen LogP contribution in [0.3, 0.4) is 0 Å². The topological polar surface area (TPSA) is 104 Å². The lowest BCUT2D eigenvalue weighted by molar-refractivity contribution is -0.142. The van der Waals surface area contributed by atoms with Gasteiger partial charge in [0.05, 0.1) is 82.7 Å². The van der Waals surface area contributed by atoms with Crippen LogP contribution in [0, 0.1) is 0 Å². The minimum Gasteiger partial charge on any atom is -0.469 e. The second kappa shape index (κ2) is 10.0. The number of ether oxygens (including phenoxy) is 2. The number of rotatable bonds is 6. The van der Waals surface area contributed by atoms with E-state index in [1.54, 1.807) is 0 Å². The van der Waals surface area contributed by atoms with Crippen molar-refractivity contribution >= 4 is 34.0 Å². The largest absolute Gasteiger partial charge is 0.469 e. The molecule has 2 atom stereocenters. The third-order valence-electron chi connectivity index (χ3n) is 9.39. The summed E-state index contributed by atoms with van der Waals surface area (Å²) in [5.41, 5.74) is 7.33. The van der Waals surface area contributed by atoms with Gasteiger partial charge in [0.1, 0.15) is 0 Å². The van der Waals surface area contributed by atoms with E-state index in [-0.39, 0.29) is 19.3 Å². The molecule has 8 rings (SSSR count). The monoisotopic (exact) mass is 592 g/mol. The van der Waals surface area contributed by atoms with Crippen LogP contribution in [0.5, 0.6) is 0 Å². The van der Waals surface area contributed by atoms with Gasteiger partial charge in [-0.3, -0.25) is 9.59 Å². The fraction of sp³-hybridized carbons (Fsp3) is 0.189. The molecule has 4 aromatic carbocycles. The van der Waals surface area contributed by atoms with Crippen molar-refractivity contribution in [2.24, 2.45) is 0 Å². The summed E-state index contributed by atoms with van der Waals surface area (Å²) in [6.07, 6.45) is 0.252. The van der Waals surface area contributed by atoms with Crippen molar-refractivity contribution in [3.63, 3.8) is 0 Å². The molecule has 45 heavy (non-hydrogen) atoms. The minimum absolute atomic E-state index is 0.0119. The van der Waals surface area contributed by atoms with E-state index < -0.39 is 22.8 Å². The van der Waals surface area contributed by atoms with E-state index in [4.69, 9.17) is 29.4 Å². The summed E-state index contributed by atoms with van der Waals surface area (Å²) in [7, 11) is 2.79. The van der Waals surface area contributed by atoms with Crippen LogP contribution in [-0.2, 0) is 29.9 Å². The predicted molar refractivity (Wildman–Crippen MR) is 169 cm³/mol. The van der Waals surface area contributed by atoms with Gasteiger partial charge in [0.15, 0.2) is 0 Å². The lowest BCUT2D eigenvalue weighted by Crippen LogP contribution is -2.41. The average Bonchev–Trinajstić information content (AvgIpc) is 3.48. The smallest absolute Gasteiger partial charge is 0.306 e. The Labute approximate surface area is 259 Å². The van der Waals surface area contributed by atoms with Crippen molar-refractivity contribution in [2.45, 2.75) is 30.1 Å². The number of methoxy groups -OCH3 is 2. The molecule has 220 valence electrons. The number of benzene rings is 4. The number of hydrogen-bond donors (Lipinski definition) is 0. The van der Waals surface area contributed by atoms with E-state index in [1.807, 2.05) is 97.1 Å². The van der Waals surface area contributed by atoms with Gasteiger partial charge < -0.3 is 9.47 Å². The highest BCUT2D eigenvalue weighted by Crippen LogP contribution is 2.60. The van der Waals surface area contributed by atoms with E-state index in [0.29, 0.717) is 11.4 Å². The molecule has 0 aliphatic heterocycles. The number of esters is 2. The highest BCUT2D eigenvalue weighted by molar-refractivity contribution is 5.89. The van der Waals surface area contributed by atoms with Gasteiger partial charge >= 0.3 is 11.9 Å². The SMILES string of the molecule is COC(=O)CC1(CC2(CC(=O)OC)c3ccccc3-c3nc4ccccc4nc32)c2ccccc2-c2nc3ccccc3nc21. The maximum atomic E-state index is 13.5. The number of fused-ring (bicyclic) bond motifs is 8. The zero-order valence-electron chi connectivity index (χ0n) is 24.8. The van der Waals surface area contributed by atoms with Gasteiger partial charge in [0.25, 0.3) is 0 Å². The van der Waals surface area contributed by atoms with Crippen LogP contribution >= 0.6 is 0 Å². The minimum atomic E-state index is -1.02. The average molecular weight is 593 g/mol. The van der Waals surface area contributed by atoms with Gasteiger partial charge in [-0.15, -0.1) is 0 Å². The molecule has 0 radical (unpaired) electrons. The molecule has 0 saturated carbocycles. The first kappa shape index (κ1) is 27.1. The molecule has 0 amide bonds. The number of para-hydroxylation sites is 4. The Balaban J connectivity index is 1.47. The Bertz CT molecular complexity index is 2040. The van der Waals surface area contributed by atoms with E-state index in [1.165, 1.54) is 14.2 Å². The van der Waals surface area contributed by atoms with Gasteiger partial charge in [0, 0.05) is 11.1 Å². The molecule has 0 spiro atoms. The van der Waals surface area contributed by atoms with Gasteiger partial charge in [0.2, 0.25) is 0 Å². The van der Waals surface area contributed by atoms with Crippen LogP contribution in [0.4, 0.5) is 0 Å². The molecule has 0 N–H and O–H groups in total. The van der Waals surface area contributed by atoms with Crippen LogP contribution < -0.4 is 0 Å². The van der Waals surface area contributed by atoms with Crippen LogP contribution in [0.25, 0.3) is 44.6 Å². The van der Waals surface area contributed by atoms with Crippen LogP contribution in [0.2, 0.25) is 0 Å². The molecule has 8 heteroatoms. The summed E-state index contributed by atoms with van der Waals surface area (Å²) in [4.78, 5) is 47.6. The maximum Gasteiger partial charge on any atom is 0.306 e. The van der Waals surface area contributed by atoms with E-state index >= 15 is 0 Å². The third-order valence-corrected chi connectivity index (χ3v) is 9.39. The fourth-order valence-corrected chi connectivity index (χ4v) is 7.51. The molecular formula is C37H28N4O4. The Kier molecular flexibility index (Phi) is 6.03. The molecule has 2 aliphatic carbocycles. The Morgan fingerprint density at radius 3 is 1.29 bits per heavy atom. The second-order valence-electron chi connectivity index (χ2n) is 11.8. The first-order chi connectivity index (χ1) is 22.0. The lowest BCUT2D eigenvalue weighted by Gasteiger charge is -2.40. The summed E-state index contributed by atoms with van der Waals surface area (Å²) in [5.74, 6) is -0.783. The first-order valence-corrected chi connectivity index (χ1v) is 14.9. The Morgan fingerprint density at radius 1 is 0.533 bits per heavy atom. The summed E-state index contributed by atoms with van der Waals surface area (Å²) in [6, 6.07) is 31.4. The van der Waals surface area contributed by atoms with Crippen molar-refractivity contribution in [3.8, 4) is 22.5 Å². The first-order valence-electron chi connectivity index (χ1n) is 14.9. The van der Waals surface area contributed by atoms with Gasteiger partial charge in [-0.2, -0.15) is 0 Å². The highest BCUT2D eigenvalue weighted by atomic mass is 16.5. The van der Waals surface area contributed by atoms with Crippen molar-refractivity contribution in [2.75, 3.05) is 14.2 Å². The van der Waals surface area contributed by atoms with E-state index in [9.17, 15) is 9.59 Å². The summed E-state index contributed by atoms with van der Waals surface area (Å²) < 4.78 is 10.7. The quantitative estimate of drug-likeness (QED) is 0.207. The zero-order valence-corrected chi connectivity index (χ0v) is 24.8. The van der Waals surface area contributed by atoms with Crippen LogP contribution in [-0.4, -0.2) is 46.1 Å². The lowest BCUT2D eigenvalue weighted by atomic mass is 9.62. The standard InChI is InChI=1S/C37H28N4O4/c1-44-30(42)19-36(24-13-5-3-11-22(24)32-34(36)40-28-17-9-7-15-26(28)38-32)21-37(20-31(43)45-2)25-14-6-4-12-23(25)33-35(37)41-29-18-10-8-16-27(29)39-33/h3-18H,19-21H2,1-2H3. The summed E-state index contributed by atoms with van der Waals surface area (Å²) in [6.45, 7) is 0. The molecule has 2 unspecified atom stereocenters. The maximum absolute atomic E-state index is 13.5. The van der Waals surface area contributed by atoms with Gasteiger partial charge in [-0.1, -0.05) is 72.8 Å². The molecule has 2 aromatic heterocycles. The highest BCUT2D eigenvalue weighted by Gasteiger charge is 2.57. The van der Waals surface area contributed by atoms with E-state index in [0.717, 1.165) is 55.7 Å². The molecule has 0 saturated heterocycles. The number of aromatic nitrogens is 4. The molecule has 6 aromatic rings.